The molecule has 3 aromatic rings. The van der Waals surface area contributed by atoms with Gasteiger partial charge in [0.15, 0.2) is 11.7 Å². The molecular formula is C20H19N3O3. The van der Waals surface area contributed by atoms with E-state index in [-0.39, 0.29) is 5.69 Å². The number of ether oxygens (including phenoxy) is 1. The molecule has 1 N–H and O–H groups in total. The lowest BCUT2D eigenvalue weighted by Gasteiger charge is -2.16. The van der Waals surface area contributed by atoms with Gasteiger partial charge in [-0.15, -0.1) is 0 Å². The average Bonchev–Trinajstić information content (AvgIpc) is 3.08. The molecule has 0 saturated carbocycles. The third kappa shape index (κ3) is 3.64. The minimum atomic E-state index is -0.893. The quantitative estimate of drug-likeness (QED) is 0.719. The second-order valence-electron chi connectivity index (χ2n) is 5.76. The molecule has 0 saturated heterocycles. The normalized spacial score (nSPS) is 11.6. The van der Waals surface area contributed by atoms with Crippen molar-refractivity contribution in [2.24, 2.45) is 0 Å². The number of amides is 1. The first-order valence-corrected chi connectivity index (χ1v) is 8.16. The zero-order valence-corrected chi connectivity index (χ0v) is 14.5. The van der Waals surface area contributed by atoms with Gasteiger partial charge in [-0.25, -0.2) is 9.48 Å². The van der Waals surface area contributed by atoms with E-state index in [0.717, 1.165) is 11.4 Å². The molecule has 0 aliphatic carbocycles. The van der Waals surface area contributed by atoms with Crippen LogP contribution in [0.3, 0.4) is 0 Å². The lowest BCUT2D eigenvalue weighted by atomic mass is 10.1. The van der Waals surface area contributed by atoms with Crippen LogP contribution in [0.25, 0.3) is 5.69 Å². The van der Waals surface area contributed by atoms with Crippen LogP contribution in [-0.2, 0) is 9.53 Å². The van der Waals surface area contributed by atoms with Gasteiger partial charge in [-0.2, -0.15) is 5.10 Å². The molecule has 0 aliphatic heterocycles. The Labute approximate surface area is 151 Å². The standard InChI is InChI=1S/C20H19N3O3/c1-14-13-17(22-23(14)16-11-7-4-8-12-16)19(24)21-18(20(25)26-2)15-9-5-3-6-10-15/h3-13,18H,1-2H3,(H,21,24). The third-order valence-electron chi connectivity index (χ3n) is 3.97. The topological polar surface area (TPSA) is 73.2 Å². The molecule has 0 spiro atoms. The Morgan fingerprint density at radius 2 is 1.65 bits per heavy atom. The molecule has 1 atom stereocenters. The Balaban J connectivity index is 1.86. The summed E-state index contributed by atoms with van der Waals surface area (Å²) in [7, 11) is 1.29. The second-order valence-corrected chi connectivity index (χ2v) is 5.76. The Kier molecular flexibility index (Phi) is 5.12. The van der Waals surface area contributed by atoms with Crippen LogP contribution in [0.1, 0.15) is 27.8 Å². The highest BCUT2D eigenvalue weighted by atomic mass is 16.5. The fraction of sp³-hybridized carbons (Fsp3) is 0.150. The van der Waals surface area contributed by atoms with Crippen molar-refractivity contribution in [3.8, 4) is 5.69 Å². The van der Waals surface area contributed by atoms with Gasteiger partial charge < -0.3 is 10.1 Å². The van der Waals surface area contributed by atoms with Gasteiger partial charge in [-0.05, 0) is 30.7 Å². The van der Waals surface area contributed by atoms with Crippen molar-refractivity contribution in [1.82, 2.24) is 15.1 Å². The number of aryl methyl sites for hydroxylation is 1. The zero-order chi connectivity index (χ0) is 18.5. The highest BCUT2D eigenvalue weighted by Gasteiger charge is 2.25. The van der Waals surface area contributed by atoms with Gasteiger partial charge in [0.25, 0.3) is 5.91 Å². The summed E-state index contributed by atoms with van der Waals surface area (Å²) in [5, 5.41) is 7.07. The fourth-order valence-electron chi connectivity index (χ4n) is 2.66. The predicted octanol–water partition coefficient (Wildman–Crippen LogP) is 2.82. The number of benzene rings is 2. The van der Waals surface area contributed by atoms with E-state index >= 15 is 0 Å². The fourth-order valence-corrected chi connectivity index (χ4v) is 2.66. The molecule has 1 aromatic heterocycles. The van der Waals surface area contributed by atoms with Crippen molar-refractivity contribution in [1.29, 1.82) is 0 Å². The first-order chi connectivity index (χ1) is 12.6. The number of esters is 1. The predicted molar refractivity (Wildman–Crippen MR) is 97.0 cm³/mol. The molecule has 3 rings (SSSR count). The summed E-state index contributed by atoms with van der Waals surface area (Å²) in [4.78, 5) is 24.8. The van der Waals surface area contributed by atoms with Crippen LogP contribution in [0.5, 0.6) is 0 Å². The Hall–Kier alpha value is -3.41. The highest BCUT2D eigenvalue weighted by Crippen LogP contribution is 2.16. The van der Waals surface area contributed by atoms with Crippen molar-refractivity contribution in [3.63, 3.8) is 0 Å². The number of para-hydroxylation sites is 1. The molecule has 0 radical (unpaired) electrons. The van der Waals surface area contributed by atoms with Crippen molar-refractivity contribution in [2.45, 2.75) is 13.0 Å². The SMILES string of the molecule is COC(=O)C(NC(=O)c1cc(C)n(-c2ccccc2)n1)c1ccccc1. The maximum atomic E-state index is 12.7. The number of nitrogens with zero attached hydrogens (tertiary/aromatic N) is 2. The van der Waals surface area contributed by atoms with E-state index in [0.29, 0.717) is 5.56 Å². The van der Waals surface area contributed by atoms with E-state index in [9.17, 15) is 9.59 Å². The Bertz CT molecular complexity index is 905. The summed E-state index contributed by atoms with van der Waals surface area (Å²) in [6.07, 6.45) is 0. The number of nitrogens with one attached hydrogen (secondary N) is 1. The van der Waals surface area contributed by atoms with E-state index in [4.69, 9.17) is 4.74 Å². The second kappa shape index (κ2) is 7.65. The monoisotopic (exact) mass is 349 g/mol. The first-order valence-electron chi connectivity index (χ1n) is 8.16. The van der Waals surface area contributed by atoms with E-state index in [1.807, 2.05) is 43.3 Å². The molecule has 1 heterocycles. The minimum absolute atomic E-state index is 0.233. The number of hydrogen-bond donors (Lipinski definition) is 1. The molecule has 0 fully saturated rings. The number of carbonyl (C=O) groups excluding carboxylic acids is 2. The number of rotatable bonds is 5. The van der Waals surface area contributed by atoms with Crippen LogP contribution >= 0.6 is 0 Å². The summed E-state index contributed by atoms with van der Waals surface area (Å²) in [6.45, 7) is 1.87. The van der Waals surface area contributed by atoms with Gasteiger partial charge in [-0.3, -0.25) is 4.79 Å². The molecular weight excluding hydrogens is 330 g/mol. The number of carbonyl (C=O) groups is 2. The molecule has 6 heteroatoms. The molecule has 1 amide bonds. The van der Waals surface area contributed by atoms with Crippen LogP contribution in [0.15, 0.2) is 66.7 Å². The van der Waals surface area contributed by atoms with E-state index in [1.54, 1.807) is 35.0 Å². The van der Waals surface area contributed by atoms with Gasteiger partial charge >= 0.3 is 5.97 Å². The number of hydrogen-bond acceptors (Lipinski definition) is 4. The molecule has 2 aromatic carbocycles. The Morgan fingerprint density at radius 1 is 1.04 bits per heavy atom. The minimum Gasteiger partial charge on any atom is -0.467 e. The summed E-state index contributed by atoms with van der Waals surface area (Å²) in [5.74, 6) is -0.981. The van der Waals surface area contributed by atoms with Crippen molar-refractivity contribution < 1.29 is 14.3 Å². The summed E-state index contributed by atoms with van der Waals surface area (Å²) in [6, 6.07) is 19.3. The van der Waals surface area contributed by atoms with Crippen LogP contribution in [0, 0.1) is 6.92 Å². The zero-order valence-electron chi connectivity index (χ0n) is 14.5. The molecule has 132 valence electrons. The maximum absolute atomic E-state index is 12.7. The maximum Gasteiger partial charge on any atom is 0.333 e. The first kappa shape index (κ1) is 17.4. The van der Waals surface area contributed by atoms with Crippen LogP contribution in [0.2, 0.25) is 0 Å². The molecule has 0 aliphatic rings. The van der Waals surface area contributed by atoms with Crippen molar-refractivity contribution in [2.75, 3.05) is 7.11 Å². The summed E-state index contributed by atoms with van der Waals surface area (Å²) < 4.78 is 6.51. The lowest BCUT2D eigenvalue weighted by molar-refractivity contribution is -0.143. The van der Waals surface area contributed by atoms with Crippen LogP contribution in [-0.4, -0.2) is 28.8 Å². The third-order valence-corrected chi connectivity index (χ3v) is 3.97. The van der Waals surface area contributed by atoms with Gasteiger partial charge in [0, 0.05) is 5.69 Å². The van der Waals surface area contributed by atoms with Crippen molar-refractivity contribution in [3.05, 3.63) is 83.7 Å². The van der Waals surface area contributed by atoms with E-state index in [1.165, 1.54) is 7.11 Å². The van der Waals surface area contributed by atoms with Gasteiger partial charge in [-0.1, -0.05) is 48.5 Å². The summed E-state index contributed by atoms with van der Waals surface area (Å²) >= 11 is 0. The molecule has 1 unspecified atom stereocenters. The number of aromatic nitrogens is 2. The molecule has 6 nitrogen and oxygen atoms in total. The largest absolute Gasteiger partial charge is 0.467 e. The smallest absolute Gasteiger partial charge is 0.333 e. The van der Waals surface area contributed by atoms with E-state index in [2.05, 4.69) is 10.4 Å². The van der Waals surface area contributed by atoms with Gasteiger partial charge in [0.1, 0.15) is 0 Å². The lowest BCUT2D eigenvalue weighted by Crippen LogP contribution is -2.34. The van der Waals surface area contributed by atoms with Crippen LogP contribution in [0.4, 0.5) is 0 Å². The molecule has 0 bridgehead atoms. The van der Waals surface area contributed by atoms with Crippen LogP contribution < -0.4 is 5.32 Å². The van der Waals surface area contributed by atoms with Gasteiger partial charge in [0.05, 0.1) is 12.8 Å². The molecule has 26 heavy (non-hydrogen) atoms. The van der Waals surface area contributed by atoms with Gasteiger partial charge in [0.2, 0.25) is 0 Å². The van der Waals surface area contributed by atoms with E-state index < -0.39 is 17.9 Å². The summed E-state index contributed by atoms with van der Waals surface area (Å²) in [5.41, 5.74) is 2.55. The van der Waals surface area contributed by atoms with Crippen molar-refractivity contribution >= 4 is 11.9 Å². The highest BCUT2D eigenvalue weighted by molar-refractivity contribution is 5.95. The Morgan fingerprint density at radius 3 is 2.27 bits per heavy atom. The number of methoxy groups -OCH3 is 1. The average molecular weight is 349 g/mol.